The van der Waals surface area contributed by atoms with Crippen LogP contribution in [0.3, 0.4) is 0 Å². The van der Waals surface area contributed by atoms with Gasteiger partial charge in [-0.3, -0.25) is 4.57 Å². The summed E-state index contributed by atoms with van der Waals surface area (Å²) in [5, 5.41) is 3.33. The van der Waals surface area contributed by atoms with Crippen molar-refractivity contribution in [3.63, 3.8) is 0 Å². The Morgan fingerprint density at radius 3 is 3.24 bits per heavy atom. The minimum atomic E-state index is 0.683. The minimum Gasteiger partial charge on any atom is -0.330 e. The molecule has 90 valence electrons. The summed E-state index contributed by atoms with van der Waals surface area (Å²) in [6.45, 7) is 0.812. The topological polar surface area (TPSA) is 43.8 Å². The molecule has 4 heteroatoms. The molecule has 17 heavy (non-hydrogen) atoms. The molecule has 2 aromatic heterocycles. The van der Waals surface area contributed by atoms with Gasteiger partial charge in [-0.25, -0.2) is 4.98 Å². The van der Waals surface area contributed by atoms with Crippen molar-refractivity contribution in [2.24, 2.45) is 11.7 Å². The molecular formula is C13H17N3S. The maximum Gasteiger partial charge on any atom is 0.100 e. The zero-order chi connectivity index (χ0) is 11.7. The predicted octanol–water partition coefficient (Wildman–Crippen LogP) is 2.78. The van der Waals surface area contributed by atoms with Crippen molar-refractivity contribution in [3.05, 3.63) is 35.7 Å². The van der Waals surface area contributed by atoms with E-state index >= 15 is 0 Å². The highest BCUT2D eigenvalue weighted by atomic mass is 32.1. The summed E-state index contributed by atoms with van der Waals surface area (Å²) in [5.74, 6) is 1.51. The SMILES string of the molecule is NCCCC1CC1c1cn(-c2cccs2)cn1. The zero-order valence-corrected chi connectivity index (χ0v) is 10.6. The van der Waals surface area contributed by atoms with E-state index in [4.69, 9.17) is 5.73 Å². The van der Waals surface area contributed by atoms with E-state index in [9.17, 15) is 0 Å². The lowest BCUT2D eigenvalue weighted by molar-refractivity contribution is 0.655. The third-order valence-corrected chi connectivity index (χ3v) is 4.33. The maximum absolute atomic E-state index is 5.54. The Morgan fingerprint density at radius 2 is 2.47 bits per heavy atom. The summed E-state index contributed by atoms with van der Waals surface area (Å²) in [4.78, 5) is 4.53. The van der Waals surface area contributed by atoms with Gasteiger partial charge in [0.2, 0.25) is 0 Å². The number of aromatic nitrogens is 2. The molecule has 2 unspecified atom stereocenters. The molecule has 1 saturated carbocycles. The van der Waals surface area contributed by atoms with Gasteiger partial charge in [-0.05, 0) is 49.2 Å². The van der Waals surface area contributed by atoms with Gasteiger partial charge >= 0.3 is 0 Å². The molecule has 2 atom stereocenters. The van der Waals surface area contributed by atoms with Gasteiger partial charge in [0.05, 0.1) is 5.69 Å². The molecule has 1 fully saturated rings. The van der Waals surface area contributed by atoms with Crippen LogP contribution in [0.4, 0.5) is 0 Å². The van der Waals surface area contributed by atoms with Gasteiger partial charge in [-0.2, -0.15) is 0 Å². The number of hydrogen-bond donors (Lipinski definition) is 1. The van der Waals surface area contributed by atoms with E-state index in [1.54, 1.807) is 11.3 Å². The van der Waals surface area contributed by atoms with Gasteiger partial charge in [0.1, 0.15) is 11.3 Å². The number of imidazole rings is 1. The van der Waals surface area contributed by atoms with Gasteiger partial charge in [0.15, 0.2) is 0 Å². The fraction of sp³-hybridized carbons (Fsp3) is 0.462. The van der Waals surface area contributed by atoms with E-state index in [1.807, 2.05) is 6.33 Å². The van der Waals surface area contributed by atoms with E-state index < -0.39 is 0 Å². The molecule has 1 aliphatic carbocycles. The summed E-state index contributed by atoms with van der Waals surface area (Å²) < 4.78 is 2.12. The number of nitrogens with zero attached hydrogens (tertiary/aromatic N) is 2. The largest absolute Gasteiger partial charge is 0.330 e. The molecule has 3 rings (SSSR count). The van der Waals surface area contributed by atoms with Gasteiger partial charge in [0, 0.05) is 12.1 Å². The number of thiophene rings is 1. The van der Waals surface area contributed by atoms with Crippen LogP contribution in [0.15, 0.2) is 30.0 Å². The Labute approximate surface area is 105 Å². The molecule has 0 aromatic carbocycles. The number of hydrogen-bond acceptors (Lipinski definition) is 3. The van der Waals surface area contributed by atoms with Crippen molar-refractivity contribution in [1.82, 2.24) is 9.55 Å². The first kappa shape index (κ1) is 11.0. The van der Waals surface area contributed by atoms with Crippen LogP contribution >= 0.6 is 11.3 Å². The lowest BCUT2D eigenvalue weighted by Gasteiger charge is -1.96. The maximum atomic E-state index is 5.54. The summed E-state index contributed by atoms with van der Waals surface area (Å²) in [7, 11) is 0. The predicted molar refractivity (Wildman–Crippen MR) is 70.6 cm³/mol. The van der Waals surface area contributed by atoms with Crippen LogP contribution in [0, 0.1) is 5.92 Å². The Kier molecular flexibility index (Phi) is 2.99. The Hall–Kier alpha value is -1.13. The molecule has 0 radical (unpaired) electrons. The normalized spacial score (nSPS) is 22.9. The molecule has 0 spiro atoms. The molecular weight excluding hydrogens is 230 g/mol. The molecule has 2 heterocycles. The van der Waals surface area contributed by atoms with Crippen molar-refractivity contribution < 1.29 is 0 Å². The Morgan fingerprint density at radius 1 is 1.53 bits per heavy atom. The van der Waals surface area contributed by atoms with E-state index in [0.29, 0.717) is 5.92 Å². The van der Waals surface area contributed by atoms with Crippen LogP contribution in [0.25, 0.3) is 5.00 Å². The van der Waals surface area contributed by atoms with Gasteiger partial charge in [0.25, 0.3) is 0 Å². The Bertz CT molecular complexity index is 475. The lowest BCUT2D eigenvalue weighted by Crippen LogP contribution is -1.98. The standard InChI is InChI=1S/C13H17N3S/c14-5-1-3-10-7-11(10)12-8-16(9-15-12)13-4-2-6-17-13/h2,4,6,8-11H,1,3,5,7,14H2. The summed E-state index contributed by atoms with van der Waals surface area (Å²) in [6.07, 6.45) is 7.81. The van der Waals surface area contributed by atoms with Crippen molar-refractivity contribution in [2.45, 2.75) is 25.2 Å². The third kappa shape index (κ3) is 2.28. The van der Waals surface area contributed by atoms with Crippen LogP contribution in [0.5, 0.6) is 0 Å². The van der Waals surface area contributed by atoms with E-state index in [-0.39, 0.29) is 0 Å². The molecule has 0 bridgehead atoms. The fourth-order valence-electron chi connectivity index (χ4n) is 2.38. The Balaban J connectivity index is 1.66. The fourth-order valence-corrected chi connectivity index (χ4v) is 3.05. The van der Waals surface area contributed by atoms with E-state index in [0.717, 1.165) is 18.9 Å². The van der Waals surface area contributed by atoms with Crippen molar-refractivity contribution in [2.75, 3.05) is 6.54 Å². The average molecular weight is 247 g/mol. The highest BCUT2D eigenvalue weighted by molar-refractivity contribution is 7.12. The van der Waals surface area contributed by atoms with Crippen molar-refractivity contribution in [3.8, 4) is 5.00 Å². The van der Waals surface area contributed by atoms with E-state index in [2.05, 4.69) is 33.3 Å². The lowest BCUT2D eigenvalue weighted by atomic mass is 10.1. The van der Waals surface area contributed by atoms with Gasteiger partial charge in [-0.15, -0.1) is 11.3 Å². The summed E-state index contributed by atoms with van der Waals surface area (Å²) in [6, 6.07) is 4.19. The highest BCUT2D eigenvalue weighted by Gasteiger charge is 2.39. The molecule has 0 saturated heterocycles. The third-order valence-electron chi connectivity index (χ3n) is 3.44. The monoisotopic (exact) mass is 247 g/mol. The highest BCUT2D eigenvalue weighted by Crippen LogP contribution is 2.49. The van der Waals surface area contributed by atoms with Crippen LogP contribution in [-0.4, -0.2) is 16.1 Å². The first-order valence-electron chi connectivity index (χ1n) is 6.16. The van der Waals surface area contributed by atoms with Gasteiger partial charge < -0.3 is 5.73 Å². The second-order valence-corrected chi connectivity index (χ2v) is 5.62. The quantitative estimate of drug-likeness (QED) is 0.883. The van der Waals surface area contributed by atoms with Crippen LogP contribution < -0.4 is 5.73 Å². The second kappa shape index (κ2) is 4.63. The second-order valence-electron chi connectivity index (χ2n) is 4.69. The first-order valence-corrected chi connectivity index (χ1v) is 7.04. The zero-order valence-electron chi connectivity index (χ0n) is 9.75. The molecule has 3 nitrogen and oxygen atoms in total. The van der Waals surface area contributed by atoms with Crippen LogP contribution in [-0.2, 0) is 0 Å². The number of nitrogens with two attached hydrogens (primary N) is 1. The number of rotatable bonds is 5. The molecule has 2 aromatic rings. The molecule has 2 N–H and O–H groups in total. The van der Waals surface area contributed by atoms with E-state index in [1.165, 1.54) is 23.5 Å². The van der Waals surface area contributed by atoms with Crippen LogP contribution in [0.1, 0.15) is 30.9 Å². The van der Waals surface area contributed by atoms with Crippen molar-refractivity contribution >= 4 is 11.3 Å². The van der Waals surface area contributed by atoms with Gasteiger partial charge in [-0.1, -0.05) is 0 Å². The van der Waals surface area contributed by atoms with Crippen molar-refractivity contribution in [1.29, 1.82) is 0 Å². The molecule has 0 amide bonds. The average Bonchev–Trinajstić information content (AvgIpc) is 2.81. The molecule has 1 aliphatic rings. The first-order chi connectivity index (χ1) is 8.38. The van der Waals surface area contributed by atoms with Crippen LogP contribution in [0.2, 0.25) is 0 Å². The summed E-state index contributed by atoms with van der Waals surface area (Å²) in [5.41, 5.74) is 6.79. The smallest absolute Gasteiger partial charge is 0.100 e. The minimum absolute atomic E-state index is 0.683. The molecule has 0 aliphatic heterocycles. The summed E-state index contributed by atoms with van der Waals surface area (Å²) >= 11 is 1.74.